The summed E-state index contributed by atoms with van der Waals surface area (Å²) in [5, 5.41) is 18.6. The molecule has 0 saturated carbocycles. The Morgan fingerprint density at radius 2 is 1.62 bits per heavy atom. The van der Waals surface area contributed by atoms with Gasteiger partial charge in [0.25, 0.3) is 0 Å². The molecule has 0 spiro atoms. The quantitative estimate of drug-likeness (QED) is 0.481. The molecule has 0 fully saturated rings. The second-order valence-corrected chi connectivity index (χ2v) is 5.88. The van der Waals surface area contributed by atoms with E-state index in [0.29, 0.717) is 6.61 Å². The number of hydrogen-bond acceptors (Lipinski definition) is 3. The Morgan fingerprint density at radius 3 is 2.42 bits per heavy atom. The molecule has 2 aromatic carbocycles. The zero-order chi connectivity index (χ0) is 17.0. The van der Waals surface area contributed by atoms with Gasteiger partial charge in [-0.05, 0) is 42.5 Å². The largest absolute Gasteiger partial charge is 0.504 e. The molecule has 0 atom stereocenters. The van der Waals surface area contributed by atoms with Crippen molar-refractivity contribution in [3.63, 3.8) is 0 Å². The molecular formula is C21H26O3. The molecule has 2 aromatic rings. The maximum Gasteiger partial charge on any atom is 0.157 e. The van der Waals surface area contributed by atoms with Crippen LogP contribution in [0.4, 0.5) is 0 Å². The highest BCUT2D eigenvalue weighted by Crippen LogP contribution is 2.25. The number of aryl methyl sites for hydroxylation is 1. The van der Waals surface area contributed by atoms with Gasteiger partial charge in [-0.1, -0.05) is 61.4 Å². The molecule has 0 saturated heterocycles. The Balaban J connectivity index is 1.48. The van der Waals surface area contributed by atoms with Gasteiger partial charge in [0.15, 0.2) is 11.5 Å². The van der Waals surface area contributed by atoms with Gasteiger partial charge >= 0.3 is 0 Å². The summed E-state index contributed by atoms with van der Waals surface area (Å²) in [6, 6.07) is 15.4. The highest BCUT2D eigenvalue weighted by Gasteiger charge is 1.97. The lowest BCUT2D eigenvalue weighted by atomic mass is 10.1. The molecule has 0 unspecified atom stereocenters. The van der Waals surface area contributed by atoms with Crippen LogP contribution in [0, 0.1) is 0 Å². The number of unbranched alkanes of at least 4 members (excludes halogenated alkanes) is 3. The maximum absolute atomic E-state index is 9.40. The fourth-order valence-corrected chi connectivity index (χ4v) is 2.51. The number of phenols is 2. The van der Waals surface area contributed by atoms with E-state index in [-0.39, 0.29) is 11.5 Å². The van der Waals surface area contributed by atoms with Crippen molar-refractivity contribution in [3.05, 3.63) is 65.7 Å². The van der Waals surface area contributed by atoms with E-state index in [1.807, 2.05) is 12.2 Å². The normalized spacial score (nSPS) is 11.2. The number of hydrogen-bond donors (Lipinski definition) is 2. The van der Waals surface area contributed by atoms with Gasteiger partial charge in [0.1, 0.15) is 0 Å². The minimum atomic E-state index is -0.103. The number of ether oxygens (including phenoxy) is 1. The molecule has 128 valence electrons. The highest BCUT2D eigenvalue weighted by molar-refractivity contribution is 5.55. The van der Waals surface area contributed by atoms with Crippen LogP contribution in [0.25, 0.3) is 6.08 Å². The summed E-state index contributed by atoms with van der Waals surface area (Å²) in [5.41, 5.74) is 2.26. The van der Waals surface area contributed by atoms with E-state index >= 15 is 0 Å². The summed E-state index contributed by atoms with van der Waals surface area (Å²) < 4.78 is 5.58. The molecule has 2 N–H and O–H groups in total. The van der Waals surface area contributed by atoms with E-state index in [1.165, 1.54) is 37.0 Å². The first kappa shape index (κ1) is 18.1. The second-order valence-electron chi connectivity index (χ2n) is 5.88. The third kappa shape index (κ3) is 6.88. The van der Waals surface area contributed by atoms with Gasteiger partial charge in [0, 0.05) is 6.61 Å². The molecule has 0 radical (unpaired) electrons. The molecule has 0 aliphatic carbocycles. The lowest BCUT2D eigenvalue weighted by Crippen LogP contribution is -1.94. The molecule has 0 aliphatic heterocycles. The zero-order valence-electron chi connectivity index (χ0n) is 14.0. The van der Waals surface area contributed by atoms with Gasteiger partial charge in [-0.15, -0.1) is 0 Å². The third-order valence-corrected chi connectivity index (χ3v) is 3.87. The van der Waals surface area contributed by atoms with Crippen molar-refractivity contribution in [1.82, 2.24) is 0 Å². The van der Waals surface area contributed by atoms with E-state index in [2.05, 4.69) is 30.3 Å². The molecule has 24 heavy (non-hydrogen) atoms. The Morgan fingerprint density at radius 1 is 0.833 bits per heavy atom. The van der Waals surface area contributed by atoms with Crippen LogP contribution in [0.1, 0.15) is 36.8 Å². The summed E-state index contributed by atoms with van der Waals surface area (Å²) in [7, 11) is 0. The van der Waals surface area contributed by atoms with Crippen LogP contribution in [0.15, 0.2) is 54.6 Å². The van der Waals surface area contributed by atoms with Crippen molar-refractivity contribution >= 4 is 6.08 Å². The van der Waals surface area contributed by atoms with Crippen LogP contribution in [0.5, 0.6) is 11.5 Å². The first-order valence-electron chi connectivity index (χ1n) is 8.56. The Bertz CT molecular complexity index is 620. The molecule has 0 heterocycles. The van der Waals surface area contributed by atoms with Gasteiger partial charge in [-0.25, -0.2) is 0 Å². The topological polar surface area (TPSA) is 49.7 Å². The number of benzene rings is 2. The summed E-state index contributed by atoms with van der Waals surface area (Å²) in [6.07, 6.45) is 9.70. The molecule has 0 aliphatic rings. The predicted molar refractivity (Wildman–Crippen MR) is 98.2 cm³/mol. The standard InChI is InChI=1S/C21H26O3/c22-20-14-13-19(17-21(20)23)12-8-16-24-15-7-2-1-4-9-18-10-5-3-6-11-18/h3,5-6,8,10-14,17,22-23H,1-2,4,7,9,15-16H2/b12-8+. The predicted octanol–water partition coefficient (Wildman–Crippen LogP) is 4.93. The van der Waals surface area contributed by atoms with Gasteiger partial charge in [0.05, 0.1) is 6.61 Å². The summed E-state index contributed by atoms with van der Waals surface area (Å²) in [5.74, 6) is -0.204. The third-order valence-electron chi connectivity index (χ3n) is 3.87. The van der Waals surface area contributed by atoms with E-state index in [0.717, 1.165) is 25.0 Å². The lowest BCUT2D eigenvalue weighted by molar-refractivity contribution is 0.157. The first-order chi connectivity index (χ1) is 11.8. The van der Waals surface area contributed by atoms with Gasteiger partial charge in [0.2, 0.25) is 0 Å². The molecule has 3 nitrogen and oxygen atoms in total. The summed E-state index contributed by atoms with van der Waals surface area (Å²) in [4.78, 5) is 0. The maximum atomic E-state index is 9.40. The lowest BCUT2D eigenvalue weighted by Gasteiger charge is -2.03. The Kier molecular flexibility index (Phi) is 7.91. The van der Waals surface area contributed by atoms with Gasteiger partial charge < -0.3 is 14.9 Å². The van der Waals surface area contributed by atoms with Crippen LogP contribution in [-0.2, 0) is 11.2 Å². The fraction of sp³-hybridized carbons (Fsp3) is 0.333. The van der Waals surface area contributed by atoms with Crippen LogP contribution in [-0.4, -0.2) is 23.4 Å². The van der Waals surface area contributed by atoms with Crippen molar-refractivity contribution in [2.24, 2.45) is 0 Å². The van der Waals surface area contributed by atoms with Gasteiger partial charge in [-0.2, -0.15) is 0 Å². The summed E-state index contributed by atoms with van der Waals surface area (Å²) >= 11 is 0. The molecule has 2 rings (SSSR count). The molecule has 3 heteroatoms. The smallest absolute Gasteiger partial charge is 0.157 e. The fourth-order valence-electron chi connectivity index (χ4n) is 2.51. The SMILES string of the molecule is Oc1ccc(/C=C/COCCCCCCc2ccccc2)cc1O. The molecule has 0 aromatic heterocycles. The van der Waals surface area contributed by atoms with Crippen molar-refractivity contribution in [2.45, 2.75) is 32.1 Å². The van der Waals surface area contributed by atoms with Gasteiger partial charge in [-0.3, -0.25) is 0 Å². The minimum Gasteiger partial charge on any atom is -0.504 e. The van der Waals surface area contributed by atoms with Crippen molar-refractivity contribution in [1.29, 1.82) is 0 Å². The Hall–Kier alpha value is -2.26. The Labute approximate surface area is 144 Å². The van der Waals surface area contributed by atoms with Crippen LogP contribution >= 0.6 is 0 Å². The van der Waals surface area contributed by atoms with Crippen LogP contribution in [0.2, 0.25) is 0 Å². The number of rotatable bonds is 10. The van der Waals surface area contributed by atoms with Crippen LogP contribution < -0.4 is 0 Å². The monoisotopic (exact) mass is 326 g/mol. The number of aromatic hydroxyl groups is 2. The van der Waals surface area contributed by atoms with Crippen molar-refractivity contribution in [3.8, 4) is 11.5 Å². The van der Waals surface area contributed by atoms with E-state index in [9.17, 15) is 10.2 Å². The first-order valence-corrected chi connectivity index (χ1v) is 8.56. The number of phenolic OH excluding ortho intramolecular Hbond substituents is 2. The highest BCUT2D eigenvalue weighted by atomic mass is 16.5. The molecule has 0 amide bonds. The second kappa shape index (κ2) is 10.5. The summed E-state index contributed by atoms with van der Waals surface area (Å²) in [6.45, 7) is 1.34. The average Bonchev–Trinajstić information content (AvgIpc) is 2.60. The molecular weight excluding hydrogens is 300 g/mol. The van der Waals surface area contributed by atoms with Crippen molar-refractivity contribution < 1.29 is 14.9 Å². The van der Waals surface area contributed by atoms with Crippen LogP contribution in [0.3, 0.4) is 0 Å². The molecule has 0 bridgehead atoms. The van der Waals surface area contributed by atoms with Crippen molar-refractivity contribution in [2.75, 3.05) is 13.2 Å². The zero-order valence-corrected chi connectivity index (χ0v) is 14.0. The minimum absolute atomic E-state index is 0.101. The van der Waals surface area contributed by atoms with E-state index in [4.69, 9.17) is 4.74 Å². The average molecular weight is 326 g/mol. The van der Waals surface area contributed by atoms with E-state index < -0.39 is 0 Å². The van der Waals surface area contributed by atoms with E-state index in [1.54, 1.807) is 6.07 Å².